The summed E-state index contributed by atoms with van der Waals surface area (Å²) in [7, 11) is 1.72. The Morgan fingerprint density at radius 2 is 2.24 bits per heavy atom. The van der Waals surface area contributed by atoms with E-state index in [9.17, 15) is 0 Å². The van der Waals surface area contributed by atoms with E-state index in [-0.39, 0.29) is 0 Å². The number of nitrogens with one attached hydrogen (secondary N) is 1. The minimum atomic E-state index is 0.618. The number of ether oxygens (including phenoxy) is 1. The van der Waals surface area contributed by atoms with E-state index in [1.807, 2.05) is 18.2 Å². The third-order valence-corrected chi connectivity index (χ3v) is 4.28. The van der Waals surface area contributed by atoms with Crippen LogP contribution in [0.5, 0.6) is 5.75 Å². The van der Waals surface area contributed by atoms with Gasteiger partial charge in [-0.05, 0) is 50.0 Å². The highest BCUT2D eigenvalue weighted by molar-refractivity contribution is 6.30. The van der Waals surface area contributed by atoms with Crippen LogP contribution in [0.2, 0.25) is 5.02 Å². The van der Waals surface area contributed by atoms with E-state index in [4.69, 9.17) is 16.3 Å². The van der Waals surface area contributed by atoms with Gasteiger partial charge in [-0.1, -0.05) is 25.4 Å². The Morgan fingerprint density at radius 1 is 1.43 bits per heavy atom. The topological polar surface area (TPSA) is 24.5 Å². The van der Waals surface area contributed by atoms with Crippen LogP contribution in [0, 0.1) is 5.92 Å². The summed E-state index contributed by atoms with van der Waals surface area (Å²) in [6.07, 6.45) is 2.55. The fraction of sp³-hybridized carbons (Fsp3) is 0.647. The van der Waals surface area contributed by atoms with Crippen molar-refractivity contribution in [1.82, 2.24) is 10.2 Å². The molecule has 0 aromatic heterocycles. The van der Waals surface area contributed by atoms with Crippen molar-refractivity contribution < 1.29 is 4.74 Å². The number of hydrogen-bond acceptors (Lipinski definition) is 3. The van der Waals surface area contributed by atoms with Gasteiger partial charge in [0.1, 0.15) is 5.75 Å². The normalized spacial score (nSPS) is 19.4. The molecule has 0 radical (unpaired) electrons. The maximum Gasteiger partial charge on any atom is 0.123 e. The molecule has 0 amide bonds. The molecule has 118 valence electrons. The molecule has 1 fully saturated rings. The highest BCUT2D eigenvalue weighted by atomic mass is 35.5. The van der Waals surface area contributed by atoms with Gasteiger partial charge in [0.25, 0.3) is 0 Å². The lowest BCUT2D eigenvalue weighted by Crippen LogP contribution is -2.38. The van der Waals surface area contributed by atoms with Crippen LogP contribution in [0.4, 0.5) is 0 Å². The number of likely N-dealkylation sites (tertiary alicyclic amines) is 1. The summed E-state index contributed by atoms with van der Waals surface area (Å²) < 4.78 is 5.46. The van der Waals surface area contributed by atoms with Gasteiger partial charge in [-0.3, -0.25) is 4.90 Å². The van der Waals surface area contributed by atoms with Crippen LogP contribution in [0.15, 0.2) is 18.2 Å². The van der Waals surface area contributed by atoms with Gasteiger partial charge < -0.3 is 10.1 Å². The molecule has 0 saturated carbocycles. The van der Waals surface area contributed by atoms with Gasteiger partial charge in [-0.2, -0.15) is 0 Å². The van der Waals surface area contributed by atoms with Crippen LogP contribution >= 0.6 is 11.6 Å². The van der Waals surface area contributed by atoms with Crippen LogP contribution in [-0.4, -0.2) is 37.7 Å². The summed E-state index contributed by atoms with van der Waals surface area (Å²) in [5.74, 6) is 1.63. The molecule has 1 aromatic rings. The van der Waals surface area contributed by atoms with Gasteiger partial charge >= 0.3 is 0 Å². The molecule has 0 bridgehead atoms. The fourth-order valence-electron chi connectivity index (χ4n) is 2.96. The lowest BCUT2D eigenvalue weighted by atomic mass is 10.1. The van der Waals surface area contributed by atoms with Gasteiger partial charge in [-0.25, -0.2) is 0 Å². The van der Waals surface area contributed by atoms with Crippen LogP contribution in [-0.2, 0) is 6.54 Å². The molecular weight excluding hydrogens is 284 g/mol. The van der Waals surface area contributed by atoms with E-state index >= 15 is 0 Å². The Bertz CT molecular complexity index is 450. The lowest BCUT2D eigenvalue weighted by Gasteiger charge is -2.26. The molecule has 1 unspecified atom stereocenters. The molecular formula is C17H27ClN2O. The first-order valence-corrected chi connectivity index (χ1v) is 8.25. The number of benzene rings is 1. The summed E-state index contributed by atoms with van der Waals surface area (Å²) >= 11 is 6.13. The predicted molar refractivity (Wildman–Crippen MR) is 89.1 cm³/mol. The molecule has 1 saturated heterocycles. The van der Waals surface area contributed by atoms with Crippen molar-refractivity contribution >= 4 is 11.6 Å². The first kappa shape index (κ1) is 16.6. The maximum absolute atomic E-state index is 6.13. The average Bonchev–Trinajstić information content (AvgIpc) is 2.86. The molecule has 1 aliphatic heterocycles. The predicted octanol–water partition coefficient (Wildman–Crippen LogP) is 3.56. The van der Waals surface area contributed by atoms with Gasteiger partial charge in [-0.15, -0.1) is 0 Å². The molecule has 4 heteroatoms. The van der Waals surface area contributed by atoms with E-state index < -0.39 is 0 Å². The average molecular weight is 311 g/mol. The summed E-state index contributed by atoms with van der Waals surface area (Å²) in [4.78, 5) is 2.54. The summed E-state index contributed by atoms with van der Waals surface area (Å²) in [6.45, 7) is 8.72. The highest BCUT2D eigenvalue weighted by Crippen LogP contribution is 2.27. The Kier molecular flexibility index (Phi) is 6.34. The molecule has 1 aromatic carbocycles. The Balaban J connectivity index is 1.96. The molecule has 21 heavy (non-hydrogen) atoms. The lowest BCUT2D eigenvalue weighted by molar-refractivity contribution is 0.234. The van der Waals surface area contributed by atoms with Gasteiger partial charge in [0.2, 0.25) is 0 Å². The van der Waals surface area contributed by atoms with Crippen LogP contribution < -0.4 is 10.1 Å². The van der Waals surface area contributed by atoms with E-state index in [2.05, 4.69) is 24.1 Å². The Morgan fingerprint density at radius 3 is 2.95 bits per heavy atom. The number of halogens is 1. The summed E-state index contributed by atoms with van der Waals surface area (Å²) in [6, 6.07) is 6.49. The number of nitrogens with zero attached hydrogens (tertiary/aromatic N) is 1. The van der Waals surface area contributed by atoms with Crippen LogP contribution in [0.25, 0.3) is 0 Å². The van der Waals surface area contributed by atoms with Crippen molar-refractivity contribution in [3.05, 3.63) is 28.8 Å². The second-order valence-electron chi connectivity index (χ2n) is 6.27. The third kappa shape index (κ3) is 4.87. The number of hydrogen-bond donors (Lipinski definition) is 1. The molecule has 1 heterocycles. The molecule has 1 N–H and O–H groups in total. The third-order valence-electron chi connectivity index (χ3n) is 4.05. The first-order chi connectivity index (χ1) is 10.1. The largest absolute Gasteiger partial charge is 0.496 e. The fourth-order valence-corrected chi connectivity index (χ4v) is 3.16. The second kappa shape index (κ2) is 8.02. The first-order valence-electron chi connectivity index (χ1n) is 7.87. The monoisotopic (exact) mass is 310 g/mol. The molecule has 1 atom stereocenters. The molecule has 1 aliphatic rings. The summed E-state index contributed by atoms with van der Waals surface area (Å²) in [5.41, 5.74) is 1.18. The Hall–Kier alpha value is -0.770. The Labute approximate surface area is 133 Å². The summed E-state index contributed by atoms with van der Waals surface area (Å²) in [5, 5.41) is 4.36. The highest BCUT2D eigenvalue weighted by Gasteiger charge is 2.25. The quantitative estimate of drug-likeness (QED) is 0.833. The number of rotatable bonds is 7. The van der Waals surface area contributed by atoms with Crippen molar-refractivity contribution in [2.24, 2.45) is 5.92 Å². The zero-order valence-electron chi connectivity index (χ0n) is 13.4. The van der Waals surface area contributed by atoms with Gasteiger partial charge in [0.05, 0.1) is 7.11 Å². The standard InChI is InChI=1S/C17H27ClN2O/c1-13(2)10-19-11-16-5-4-8-20(16)12-14-9-15(18)6-7-17(14)21-3/h6-7,9,13,16,19H,4-5,8,10-12H2,1-3H3. The van der Waals surface area contributed by atoms with Crippen molar-refractivity contribution in [2.75, 3.05) is 26.7 Å². The SMILES string of the molecule is COc1ccc(Cl)cc1CN1CCCC1CNCC(C)C. The maximum atomic E-state index is 6.13. The zero-order chi connectivity index (χ0) is 15.2. The second-order valence-corrected chi connectivity index (χ2v) is 6.71. The zero-order valence-corrected chi connectivity index (χ0v) is 14.1. The van der Waals surface area contributed by atoms with Crippen LogP contribution in [0.1, 0.15) is 32.3 Å². The molecule has 3 nitrogen and oxygen atoms in total. The van der Waals surface area contributed by atoms with Crippen molar-refractivity contribution in [3.63, 3.8) is 0 Å². The van der Waals surface area contributed by atoms with Gasteiger partial charge in [0, 0.05) is 29.7 Å². The number of methoxy groups -OCH3 is 1. The van der Waals surface area contributed by atoms with E-state index in [1.54, 1.807) is 7.11 Å². The minimum Gasteiger partial charge on any atom is -0.496 e. The van der Waals surface area contributed by atoms with E-state index in [0.717, 1.165) is 37.0 Å². The minimum absolute atomic E-state index is 0.618. The van der Waals surface area contributed by atoms with Crippen LogP contribution in [0.3, 0.4) is 0 Å². The molecule has 2 rings (SSSR count). The van der Waals surface area contributed by atoms with Crippen molar-refractivity contribution in [1.29, 1.82) is 0 Å². The smallest absolute Gasteiger partial charge is 0.123 e. The van der Waals surface area contributed by atoms with Crippen molar-refractivity contribution in [3.8, 4) is 5.75 Å². The van der Waals surface area contributed by atoms with E-state index in [0.29, 0.717) is 12.0 Å². The van der Waals surface area contributed by atoms with Crippen molar-refractivity contribution in [2.45, 2.75) is 39.3 Å². The molecule has 0 aliphatic carbocycles. The van der Waals surface area contributed by atoms with Gasteiger partial charge in [0.15, 0.2) is 0 Å². The molecule has 0 spiro atoms. The van der Waals surface area contributed by atoms with E-state index in [1.165, 1.54) is 18.4 Å².